The van der Waals surface area contributed by atoms with Crippen molar-refractivity contribution in [2.75, 3.05) is 31.3 Å². The van der Waals surface area contributed by atoms with Crippen molar-refractivity contribution < 1.29 is 22.3 Å². The molecule has 0 spiro atoms. The normalized spacial score (nSPS) is 27.7. The standard InChI is InChI=1S/C19H27FN2O4S/c1-14-6-7-15(13-16(14)20)21-18(23)19-8-4-3-5-17(19)22(10-11-26-2)27(24,25)12-9-19/h6-7,13,17H,3-5,8-12H2,1-2H3,(H,21,23). The van der Waals surface area contributed by atoms with E-state index in [0.29, 0.717) is 30.5 Å². The summed E-state index contributed by atoms with van der Waals surface area (Å²) in [4.78, 5) is 13.3. The second-order valence-electron chi connectivity index (χ2n) is 7.51. The predicted molar refractivity (Wildman–Crippen MR) is 101 cm³/mol. The Labute approximate surface area is 160 Å². The van der Waals surface area contributed by atoms with Crippen molar-refractivity contribution >= 4 is 21.6 Å². The monoisotopic (exact) mass is 398 g/mol. The van der Waals surface area contributed by atoms with E-state index < -0.39 is 15.4 Å². The van der Waals surface area contributed by atoms with Crippen molar-refractivity contribution in [1.29, 1.82) is 0 Å². The third kappa shape index (κ3) is 3.88. The minimum Gasteiger partial charge on any atom is -0.383 e. The molecule has 2 atom stereocenters. The van der Waals surface area contributed by atoms with E-state index in [1.807, 2.05) is 0 Å². The quantitative estimate of drug-likeness (QED) is 0.827. The van der Waals surface area contributed by atoms with Gasteiger partial charge in [0, 0.05) is 25.4 Å². The molecule has 150 valence electrons. The van der Waals surface area contributed by atoms with Crippen molar-refractivity contribution in [2.24, 2.45) is 5.41 Å². The smallest absolute Gasteiger partial charge is 0.232 e. The van der Waals surface area contributed by atoms with Gasteiger partial charge in [0.2, 0.25) is 15.9 Å². The summed E-state index contributed by atoms with van der Waals surface area (Å²) in [6.07, 6.45) is 3.35. The molecule has 8 heteroatoms. The number of methoxy groups -OCH3 is 1. The molecule has 3 rings (SSSR count). The van der Waals surface area contributed by atoms with Crippen LogP contribution in [0.5, 0.6) is 0 Å². The molecule has 0 bridgehead atoms. The maximum Gasteiger partial charge on any atom is 0.232 e. The number of nitrogens with zero attached hydrogens (tertiary/aromatic N) is 1. The van der Waals surface area contributed by atoms with Crippen LogP contribution >= 0.6 is 0 Å². The fourth-order valence-electron chi connectivity index (χ4n) is 4.34. The second kappa shape index (κ2) is 7.85. The maximum absolute atomic E-state index is 13.9. The Morgan fingerprint density at radius 2 is 2.15 bits per heavy atom. The minimum absolute atomic E-state index is 0.0527. The number of aryl methyl sites for hydroxylation is 1. The first-order valence-electron chi connectivity index (χ1n) is 9.36. The zero-order valence-corrected chi connectivity index (χ0v) is 16.6. The third-order valence-electron chi connectivity index (χ3n) is 5.90. The first-order valence-corrected chi connectivity index (χ1v) is 11.0. The van der Waals surface area contributed by atoms with Crippen LogP contribution in [0.25, 0.3) is 0 Å². The van der Waals surface area contributed by atoms with Crippen LogP contribution in [0.2, 0.25) is 0 Å². The Kier molecular flexibility index (Phi) is 5.88. The van der Waals surface area contributed by atoms with Crippen molar-refractivity contribution in [2.45, 2.75) is 45.1 Å². The highest BCUT2D eigenvalue weighted by Gasteiger charge is 2.55. The average Bonchev–Trinajstić information content (AvgIpc) is 2.63. The summed E-state index contributed by atoms with van der Waals surface area (Å²) in [6.45, 7) is 2.20. The number of carbonyl (C=O) groups excluding carboxylic acids is 1. The maximum atomic E-state index is 13.9. The van der Waals surface area contributed by atoms with Gasteiger partial charge < -0.3 is 10.1 Å². The van der Waals surface area contributed by atoms with Gasteiger partial charge in [0.15, 0.2) is 0 Å². The Morgan fingerprint density at radius 1 is 1.37 bits per heavy atom. The van der Waals surface area contributed by atoms with Crippen molar-refractivity contribution in [3.63, 3.8) is 0 Å². The Balaban J connectivity index is 1.90. The fraction of sp³-hybridized carbons (Fsp3) is 0.632. The van der Waals surface area contributed by atoms with E-state index in [-0.39, 0.29) is 36.7 Å². The van der Waals surface area contributed by atoms with Crippen LogP contribution in [-0.2, 0) is 19.6 Å². The van der Waals surface area contributed by atoms with E-state index in [9.17, 15) is 17.6 Å². The summed E-state index contributed by atoms with van der Waals surface area (Å²) >= 11 is 0. The van der Waals surface area contributed by atoms with Crippen LogP contribution in [0.1, 0.15) is 37.7 Å². The molecule has 1 aliphatic heterocycles. The minimum atomic E-state index is -3.41. The van der Waals surface area contributed by atoms with Gasteiger partial charge in [-0.2, -0.15) is 4.31 Å². The first-order chi connectivity index (χ1) is 12.8. The Bertz CT molecular complexity index is 814. The predicted octanol–water partition coefficient (Wildman–Crippen LogP) is 2.68. The number of amides is 1. The molecule has 0 aromatic heterocycles. The van der Waals surface area contributed by atoms with Gasteiger partial charge >= 0.3 is 0 Å². The summed E-state index contributed by atoms with van der Waals surface area (Å²) in [5.74, 6) is -0.644. The van der Waals surface area contributed by atoms with Crippen LogP contribution in [-0.4, -0.2) is 50.7 Å². The van der Waals surface area contributed by atoms with E-state index in [4.69, 9.17) is 4.74 Å². The second-order valence-corrected chi connectivity index (χ2v) is 9.55. The topological polar surface area (TPSA) is 75.7 Å². The fourth-order valence-corrected chi connectivity index (χ4v) is 6.24. The van der Waals surface area contributed by atoms with E-state index in [1.54, 1.807) is 19.1 Å². The van der Waals surface area contributed by atoms with E-state index in [1.165, 1.54) is 17.5 Å². The average molecular weight is 399 g/mol. The van der Waals surface area contributed by atoms with Gasteiger partial charge in [-0.25, -0.2) is 12.8 Å². The lowest BCUT2D eigenvalue weighted by Gasteiger charge is -2.50. The molecular formula is C19H27FN2O4S. The van der Waals surface area contributed by atoms with E-state index in [2.05, 4.69) is 5.32 Å². The molecule has 1 amide bonds. The molecule has 27 heavy (non-hydrogen) atoms. The molecule has 1 aliphatic carbocycles. The summed E-state index contributed by atoms with van der Waals surface area (Å²) in [7, 11) is -1.88. The van der Waals surface area contributed by atoms with Gasteiger partial charge in [0.25, 0.3) is 0 Å². The van der Waals surface area contributed by atoms with Crippen LogP contribution in [0.3, 0.4) is 0 Å². The SMILES string of the molecule is COCCN1C2CCCCC2(C(=O)Nc2ccc(C)c(F)c2)CCS1(=O)=O. The molecule has 6 nitrogen and oxygen atoms in total. The molecule has 2 aliphatic rings. The lowest BCUT2D eigenvalue weighted by Crippen LogP contribution is -2.62. The Hall–Kier alpha value is -1.51. The molecule has 1 N–H and O–H groups in total. The molecule has 0 radical (unpaired) electrons. The molecule has 1 aromatic rings. The highest BCUT2D eigenvalue weighted by molar-refractivity contribution is 7.89. The lowest BCUT2D eigenvalue weighted by molar-refractivity contribution is -0.132. The molecular weight excluding hydrogens is 371 g/mol. The van der Waals surface area contributed by atoms with Gasteiger partial charge in [-0.1, -0.05) is 18.9 Å². The number of carbonyl (C=O) groups is 1. The highest BCUT2D eigenvalue weighted by Crippen LogP contribution is 2.47. The number of benzene rings is 1. The van der Waals surface area contributed by atoms with Crippen LogP contribution in [0.4, 0.5) is 10.1 Å². The van der Waals surface area contributed by atoms with Crippen molar-refractivity contribution in [3.05, 3.63) is 29.6 Å². The van der Waals surface area contributed by atoms with E-state index in [0.717, 1.165) is 12.8 Å². The molecule has 1 aromatic carbocycles. The first kappa shape index (κ1) is 20.2. The lowest BCUT2D eigenvalue weighted by atomic mass is 9.67. The number of ether oxygens (including phenoxy) is 1. The molecule has 2 unspecified atom stereocenters. The summed E-state index contributed by atoms with van der Waals surface area (Å²) in [6, 6.07) is 4.23. The number of rotatable bonds is 5. The molecule has 1 saturated heterocycles. The number of hydrogen-bond acceptors (Lipinski definition) is 4. The number of anilines is 1. The Morgan fingerprint density at radius 3 is 2.85 bits per heavy atom. The molecule has 1 saturated carbocycles. The number of halogens is 1. The highest BCUT2D eigenvalue weighted by atomic mass is 32.2. The van der Waals surface area contributed by atoms with Crippen molar-refractivity contribution in [1.82, 2.24) is 4.31 Å². The number of hydrogen-bond donors (Lipinski definition) is 1. The molecule has 1 heterocycles. The summed E-state index contributed by atoms with van der Waals surface area (Å²) in [5.41, 5.74) is 0.133. The van der Waals surface area contributed by atoms with Gasteiger partial charge in [0.1, 0.15) is 5.82 Å². The van der Waals surface area contributed by atoms with Crippen LogP contribution < -0.4 is 5.32 Å². The van der Waals surface area contributed by atoms with E-state index >= 15 is 0 Å². The molecule has 2 fully saturated rings. The van der Waals surface area contributed by atoms with Crippen LogP contribution in [0, 0.1) is 18.2 Å². The number of nitrogens with one attached hydrogen (secondary N) is 1. The van der Waals surface area contributed by atoms with Crippen LogP contribution in [0.15, 0.2) is 18.2 Å². The third-order valence-corrected chi connectivity index (χ3v) is 7.77. The van der Waals surface area contributed by atoms with Crippen molar-refractivity contribution in [3.8, 4) is 0 Å². The largest absolute Gasteiger partial charge is 0.383 e. The number of fused-ring (bicyclic) bond motifs is 1. The zero-order valence-electron chi connectivity index (χ0n) is 15.8. The van der Waals surface area contributed by atoms with Gasteiger partial charge in [-0.15, -0.1) is 0 Å². The van der Waals surface area contributed by atoms with Gasteiger partial charge in [-0.05, 0) is 43.9 Å². The summed E-state index contributed by atoms with van der Waals surface area (Å²) in [5, 5.41) is 2.84. The number of sulfonamides is 1. The van der Waals surface area contributed by atoms with Gasteiger partial charge in [-0.3, -0.25) is 4.79 Å². The van der Waals surface area contributed by atoms with Gasteiger partial charge in [0.05, 0.1) is 17.8 Å². The zero-order chi connectivity index (χ0) is 19.7. The summed E-state index contributed by atoms with van der Waals surface area (Å²) < 4.78 is 45.7.